The average Bonchev–Trinajstić information content (AvgIpc) is 2.16. The van der Waals surface area contributed by atoms with Crippen LogP contribution in [0.25, 0.3) is 5.76 Å². The van der Waals surface area contributed by atoms with Crippen molar-refractivity contribution >= 4 is 5.76 Å². The lowest BCUT2D eigenvalue weighted by atomic mass is 10.2. The summed E-state index contributed by atoms with van der Waals surface area (Å²) in [5.41, 5.74) is 2.06. The molecule has 0 bridgehead atoms. The number of pyridine rings is 1. The zero-order chi connectivity index (χ0) is 9.68. The van der Waals surface area contributed by atoms with E-state index in [1.807, 2.05) is 31.3 Å². The van der Waals surface area contributed by atoms with E-state index in [0.29, 0.717) is 0 Å². The van der Waals surface area contributed by atoms with E-state index in [1.165, 1.54) is 0 Å². The Morgan fingerprint density at radius 1 is 1.54 bits per heavy atom. The highest BCUT2D eigenvalue weighted by Gasteiger charge is 1.99. The largest absolute Gasteiger partial charge is 0.496 e. The van der Waals surface area contributed by atoms with Gasteiger partial charge in [0.2, 0.25) is 0 Å². The van der Waals surface area contributed by atoms with Crippen molar-refractivity contribution in [3.05, 3.63) is 35.7 Å². The van der Waals surface area contributed by atoms with Crippen molar-refractivity contribution in [1.82, 2.24) is 4.98 Å². The third-order valence-corrected chi connectivity index (χ3v) is 1.81. The number of hydrogen-bond acceptors (Lipinski definition) is 2. The summed E-state index contributed by atoms with van der Waals surface area (Å²) in [5.74, 6) is 0.898. The molecule has 0 aliphatic carbocycles. The number of methoxy groups -OCH3 is 1. The number of aryl methyl sites for hydroxylation is 1. The van der Waals surface area contributed by atoms with Crippen molar-refractivity contribution in [3.8, 4) is 0 Å². The van der Waals surface area contributed by atoms with E-state index in [2.05, 4.69) is 11.9 Å². The van der Waals surface area contributed by atoms with E-state index in [9.17, 15) is 0 Å². The van der Waals surface area contributed by atoms with Gasteiger partial charge < -0.3 is 4.74 Å². The molecule has 0 atom stereocenters. The first-order valence-corrected chi connectivity index (χ1v) is 4.45. The predicted molar refractivity (Wildman–Crippen MR) is 54.3 cm³/mol. The fourth-order valence-electron chi connectivity index (χ4n) is 1.12. The summed E-state index contributed by atoms with van der Waals surface area (Å²) in [6.07, 6.45) is 4.85. The molecule has 2 heteroatoms. The Bertz CT molecular complexity index is 287. The Hall–Kier alpha value is -1.31. The van der Waals surface area contributed by atoms with Crippen LogP contribution in [-0.4, -0.2) is 12.1 Å². The lowest BCUT2D eigenvalue weighted by Crippen LogP contribution is -1.89. The monoisotopic (exact) mass is 177 g/mol. The average molecular weight is 177 g/mol. The summed E-state index contributed by atoms with van der Waals surface area (Å²) in [6, 6.07) is 4.01. The maximum Gasteiger partial charge on any atom is 0.123 e. The van der Waals surface area contributed by atoms with Gasteiger partial charge in [-0.25, -0.2) is 0 Å². The Balaban J connectivity index is 2.92. The van der Waals surface area contributed by atoms with Gasteiger partial charge in [0.15, 0.2) is 0 Å². The molecule has 70 valence electrons. The first kappa shape index (κ1) is 9.78. The number of aromatic nitrogens is 1. The Kier molecular flexibility index (Phi) is 3.50. The Morgan fingerprint density at radius 2 is 2.31 bits per heavy atom. The minimum absolute atomic E-state index is 0.898. The maximum atomic E-state index is 5.24. The summed E-state index contributed by atoms with van der Waals surface area (Å²) >= 11 is 0. The van der Waals surface area contributed by atoms with Gasteiger partial charge in [0.1, 0.15) is 5.76 Å². The highest BCUT2D eigenvalue weighted by Crippen LogP contribution is 2.14. The van der Waals surface area contributed by atoms with Crippen LogP contribution in [0.2, 0.25) is 0 Å². The van der Waals surface area contributed by atoms with E-state index >= 15 is 0 Å². The van der Waals surface area contributed by atoms with Crippen LogP contribution >= 0.6 is 0 Å². The summed E-state index contributed by atoms with van der Waals surface area (Å²) in [7, 11) is 1.68. The number of nitrogens with zero attached hydrogens (tertiary/aromatic N) is 1. The molecule has 1 heterocycles. The number of allylic oxidation sites excluding steroid dienone is 1. The molecule has 0 spiro atoms. The fraction of sp³-hybridized carbons (Fsp3) is 0.364. The van der Waals surface area contributed by atoms with Crippen molar-refractivity contribution in [1.29, 1.82) is 0 Å². The van der Waals surface area contributed by atoms with Gasteiger partial charge in [0.25, 0.3) is 0 Å². The molecule has 0 saturated heterocycles. The molecule has 1 aromatic rings. The molecule has 0 aliphatic rings. The lowest BCUT2D eigenvalue weighted by molar-refractivity contribution is 0.368. The topological polar surface area (TPSA) is 22.1 Å². The van der Waals surface area contributed by atoms with Crippen molar-refractivity contribution in [3.63, 3.8) is 0 Å². The second-order valence-corrected chi connectivity index (χ2v) is 2.87. The van der Waals surface area contributed by atoms with Crippen LogP contribution < -0.4 is 0 Å². The Morgan fingerprint density at radius 3 is 2.77 bits per heavy atom. The maximum absolute atomic E-state index is 5.24. The van der Waals surface area contributed by atoms with Gasteiger partial charge in [0, 0.05) is 17.5 Å². The van der Waals surface area contributed by atoms with Gasteiger partial charge in [-0.05, 0) is 31.6 Å². The number of rotatable bonds is 3. The molecule has 0 aromatic carbocycles. The van der Waals surface area contributed by atoms with Gasteiger partial charge in [-0.15, -0.1) is 0 Å². The lowest BCUT2D eigenvalue weighted by Gasteiger charge is -2.05. The molecule has 0 saturated carbocycles. The second kappa shape index (κ2) is 4.65. The van der Waals surface area contributed by atoms with Gasteiger partial charge in [0.05, 0.1) is 7.11 Å². The van der Waals surface area contributed by atoms with Crippen LogP contribution in [0.1, 0.15) is 24.6 Å². The molecule has 0 N–H and O–H groups in total. The van der Waals surface area contributed by atoms with Crippen LogP contribution in [0.5, 0.6) is 0 Å². The van der Waals surface area contributed by atoms with Gasteiger partial charge in [-0.1, -0.05) is 6.92 Å². The van der Waals surface area contributed by atoms with Crippen molar-refractivity contribution in [2.45, 2.75) is 20.3 Å². The zero-order valence-corrected chi connectivity index (χ0v) is 8.37. The fourth-order valence-corrected chi connectivity index (χ4v) is 1.12. The molecule has 1 rings (SSSR count). The van der Waals surface area contributed by atoms with Gasteiger partial charge in [-0.2, -0.15) is 0 Å². The molecule has 0 amide bonds. The van der Waals surface area contributed by atoms with Gasteiger partial charge >= 0.3 is 0 Å². The number of hydrogen-bond donors (Lipinski definition) is 0. The molecular formula is C11H15NO. The summed E-state index contributed by atoms with van der Waals surface area (Å²) in [6.45, 7) is 4.06. The molecule has 0 unspecified atom stereocenters. The summed E-state index contributed by atoms with van der Waals surface area (Å²) in [4.78, 5) is 4.21. The van der Waals surface area contributed by atoms with E-state index in [-0.39, 0.29) is 0 Å². The normalized spacial score (nSPS) is 11.5. The van der Waals surface area contributed by atoms with Crippen LogP contribution in [0.15, 0.2) is 24.4 Å². The smallest absolute Gasteiger partial charge is 0.123 e. The molecule has 0 fully saturated rings. The third kappa shape index (κ3) is 2.58. The summed E-state index contributed by atoms with van der Waals surface area (Å²) < 4.78 is 5.24. The van der Waals surface area contributed by atoms with Crippen molar-refractivity contribution < 1.29 is 4.74 Å². The molecule has 1 aromatic heterocycles. The van der Waals surface area contributed by atoms with Crippen LogP contribution in [-0.2, 0) is 4.74 Å². The zero-order valence-electron chi connectivity index (χ0n) is 8.37. The minimum atomic E-state index is 0.898. The van der Waals surface area contributed by atoms with E-state index in [0.717, 1.165) is 23.4 Å². The molecule has 0 aliphatic heterocycles. The van der Waals surface area contributed by atoms with Crippen LogP contribution in [0, 0.1) is 6.92 Å². The SMILES string of the molecule is CC/C=C(\OC)c1ccc(C)nc1. The first-order valence-electron chi connectivity index (χ1n) is 4.45. The molecule has 2 nitrogen and oxygen atoms in total. The second-order valence-electron chi connectivity index (χ2n) is 2.87. The Labute approximate surface area is 79.3 Å². The molecule has 13 heavy (non-hydrogen) atoms. The van der Waals surface area contributed by atoms with E-state index < -0.39 is 0 Å². The van der Waals surface area contributed by atoms with E-state index in [1.54, 1.807) is 7.11 Å². The predicted octanol–water partition coefficient (Wildman–Crippen LogP) is 2.79. The third-order valence-electron chi connectivity index (χ3n) is 1.81. The first-order chi connectivity index (χ1) is 6.27. The standard InChI is InChI=1S/C11H15NO/c1-4-5-11(13-3)10-7-6-9(2)12-8-10/h5-8H,4H2,1-3H3/b11-5-. The van der Waals surface area contributed by atoms with Crippen LogP contribution in [0.3, 0.4) is 0 Å². The van der Waals surface area contributed by atoms with Crippen LogP contribution in [0.4, 0.5) is 0 Å². The highest BCUT2D eigenvalue weighted by molar-refractivity contribution is 5.58. The van der Waals surface area contributed by atoms with Crippen molar-refractivity contribution in [2.75, 3.05) is 7.11 Å². The van der Waals surface area contributed by atoms with E-state index in [4.69, 9.17) is 4.74 Å². The summed E-state index contributed by atoms with van der Waals surface area (Å²) in [5, 5.41) is 0. The minimum Gasteiger partial charge on any atom is -0.496 e. The highest BCUT2D eigenvalue weighted by atomic mass is 16.5. The number of ether oxygens (including phenoxy) is 1. The molecular weight excluding hydrogens is 162 g/mol. The van der Waals surface area contributed by atoms with Gasteiger partial charge in [-0.3, -0.25) is 4.98 Å². The quantitative estimate of drug-likeness (QED) is 0.662. The van der Waals surface area contributed by atoms with Crippen molar-refractivity contribution in [2.24, 2.45) is 0 Å². The molecule has 0 radical (unpaired) electrons.